The van der Waals surface area contributed by atoms with E-state index in [2.05, 4.69) is 26.6 Å². The molecule has 15 atom stereocenters. The smallest absolute Gasteiger partial charge is 0.222 e. The molecule has 37 heteroatoms. The molecule has 0 saturated carbocycles. The van der Waals surface area contributed by atoms with E-state index in [9.17, 15) is 65.1 Å². The Morgan fingerprint density at radius 2 is 0.554 bits per heavy atom. The Labute approximate surface area is 591 Å². The van der Waals surface area contributed by atoms with E-state index in [1.54, 1.807) is 20.8 Å². The van der Waals surface area contributed by atoms with Gasteiger partial charge in [0.15, 0.2) is 18.9 Å². The van der Waals surface area contributed by atoms with Crippen LogP contribution in [0.15, 0.2) is 0 Å². The largest absolute Gasteiger partial charge is 0.394 e. The van der Waals surface area contributed by atoms with Gasteiger partial charge in [-0.25, -0.2) is 0 Å². The second kappa shape index (κ2) is 57.9. The van der Waals surface area contributed by atoms with Gasteiger partial charge in [-0.3, -0.25) is 19.2 Å². The van der Waals surface area contributed by atoms with E-state index < -0.39 is 123 Å². The zero-order chi connectivity index (χ0) is 73.7. The van der Waals surface area contributed by atoms with Gasteiger partial charge in [-0.2, -0.15) is 0 Å². The molecule has 3 saturated heterocycles. The van der Waals surface area contributed by atoms with Gasteiger partial charge in [0.1, 0.15) is 42.2 Å². The van der Waals surface area contributed by atoms with Gasteiger partial charge in [-0.15, -0.1) is 0 Å². The van der Waals surface area contributed by atoms with Crippen LogP contribution in [0.3, 0.4) is 0 Å². The fourth-order valence-electron chi connectivity index (χ4n) is 9.91. The lowest BCUT2D eigenvalue weighted by atomic mass is 9.92. The van der Waals surface area contributed by atoms with Crippen LogP contribution in [0.5, 0.6) is 0 Å². The number of hydrogen-bond donors (Lipinski definition) is 14. The number of amides is 4. The van der Waals surface area contributed by atoms with Gasteiger partial charge in [-0.1, -0.05) is 20.8 Å². The van der Waals surface area contributed by atoms with Gasteiger partial charge in [0.05, 0.1) is 230 Å². The third-order valence-electron chi connectivity index (χ3n) is 16.0. The monoisotopic (exact) mass is 1470 g/mol. The first kappa shape index (κ1) is 91.9. The van der Waals surface area contributed by atoms with Crippen molar-refractivity contribution in [3.63, 3.8) is 0 Å². The van der Waals surface area contributed by atoms with E-state index in [1.807, 2.05) is 7.05 Å². The van der Waals surface area contributed by atoms with Crippen LogP contribution in [0.1, 0.15) is 46.5 Å². The highest BCUT2D eigenvalue weighted by Gasteiger charge is 2.45. The Morgan fingerprint density at radius 1 is 0.317 bits per heavy atom. The molecule has 0 bridgehead atoms. The van der Waals surface area contributed by atoms with E-state index in [1.165, 1.54) is 0 Å². The Kier molecular flexibility index (Phi) is 52.7. The van der Waals surface area contributed by atoms with Crippen molar-refractivity contribution in [1.82, 2.24) is 26.6 Å². The molecule has 0 aliphatic carbocycles. The minimum atomic E-state index is -1.42. The summed E-state index contributed by atoms with van der Waals surface area (Å²) in [7, 11) is 1.84. The summed E-state index contributed by atoms with van der Waals surface area (Å²) >= 11 is 0. The van der Waals surface area contributed by atoms with Crippen molar-refractivity contribution in [3.05, 3.63) is 0 Å². The number of carbonyl (C=O) groups is 4. The topological polar surface area (TPSA) is 486 Å². The van der Waals surface area contributed by atoms with Crippen LogP contribution in [0.2, 0.25) is 0 Å². The fourth-order valence-corrected chi connectivity index (χ4v) is 9.91. The summed E-state index contributed by atoms with van der Waals surface area (Å²) < 4.78 is 107. The average molecular weight is 1470 g/mol. The minimum absolute atomic E-state index is 0.0182. The Balaban J connectivity index is 1.50. The van der Waals surface area contributed by atoms with Gasteiger partial charge < -0.3 is 163 Å². The second-order valence-electron chi connectivity index (χ2n) is 24.1. The van der Waals surface area contributed by atoms with Crippen LogP contribution in [-0.4, -0.2) is 394 Å². The first-order valence-electron chi connectivity index (χ1n) is 34.9. The van der Waals surface area contributed by atoms with Crippen molar-refractivity contribution in [2.24, 2.45) is 17.8 Å². The molecule has 14 N–H and O–H groups in total. The molecule has 15 unspecified atom stereocenters. The average Bonchev–Trinajstić information content (AvgIpc) is 0.845. The Hall–Kier alpha value is -3.28. The van der Waals surface area contributed by atoms with Crippen LogP contribution in [-0.2, 0) is 109 Å². The summed E-state index contributed by atoms with van der Waals surface area (Å²) in [5.74, 6) is -3.13. The van der Waals surface area contributed by atoms with E-state index in [0.717, 1.165) is 6.54 Å². The van der Waals surface area contributed by atoms with Crippen LogP contribution in [0.25, 0.3) is 0 Å². The molecular formula is C64H121N5O32. The minimum Gasteiger partial charge on any atom is -0.394 e. The SMILES string of the molecule is CNCCOCCOCCOCCOCCC(=O)NC(COCCC(=O)NCCOCCOCCOC1OC(CO)C(O)C(O)C1C)(COCCC(=O)NCCOCCOCCOC1OC(CO)C(O)C(O)C1C)COCCC(=O)NCCOCCOCCOC1OC(CO)C(O)C(O)C1C. The zero-order valence-corrected chi connectivity index (χ0v) is 59.4. The Morgan fingerprint density at radius 3 is 0.832 bits per heavy atom. The maximum atomic E-state index is 13.7. The third-order valence-corrected chi connectivity index (χ3v) is 16.0. The number of rotatable bonds is 64. The van der Waals surface area contributed by atoms with Crippen LogP contribution in [0.4, 0.5) is 0 Å². The van der Waals surface area contributed by atoms with Crippen molar-refractivity contribution < 1.29 is 155 Å². The summed E-state index contributed by atoms with van der Waals surface area (Å²) in [5.41, 5.74) is -1.42. The molecule has 0 aromatic carbocycles. The lowest BCUT2D eigenvalue weighted by Crippen LogP contribution is -2.59. The van der Waals surface area contributed by atoms with Gasteiger partial charge in [0, 0.05) is 69.6 Å². The molecule has 594 valence electrons. The summed E-state index contributed by atoms with van der Waals surface area (Å²) in [6.07, 6.45) is -12.9. The highest BCUT2D eigenvalue weighted by molar-refractivity contribution is 5.77. The maximum absolute atomic E-state index is 13.7. The second-order valence-corrected chi connectivity index (χ2v) is 24.1. The summed E-state index contributed by atoms with van der Waals surface area (Å²) in [5, 5.41) is 103. The van der Waals surface area contributed by atoms with Crippen molar-refractivity contribution in [2.75, 3.05) is 245 Å². The molecular weight excluding hydrogens is 1350 g/mol. The summed E-state index contributed by atoms with van der Waals surface area (Å²) in [6.45, 7) is 9.18. The van der Waals surface area contributed by atoms with Gasteiger partial charge in [-0.05, 0) is 7.05 Å². The molecule has 37 nitrogen and oxygen atoms in total. The number of nitrogens with one attached hydrogen (secondary N) is 5. The molecule has 0 aromatic rings. The maximum Gasteiger partial charge on any atom is 0.222 e. The van der Waals surface area contributed by atoms with Gasteiger partial charge in [0.25, 0.3) is 0 Å². The molecule has 0 spiro atoms. The highest BCUT2D eigenvalue weighted by Crippen LogP contribution is 2.29. The lowest BCUT2D eigenvalue weighted by molar-refractivity contribution is -0.284. The molecule has 101 heavy (non-hydrogen) atoms. The number of aliphatic hydroxyl groups excluding tert-OH is 9. The number of aliphatic hydroxyl groups is 9. The van der Waals surface area contributed by atoms with E-state index in [-0.39, 0.29) is 222 Å². The predicted octanol–water partition coefficient (Wildman–Crippen LogP) is -6.54. The molecule has 3 aliphatic heterocycles. The van der Waals surface area contributed by atoms with Crippen molar-refractivity contribution in [1.29, 1.82) is 0 Å². The summed E-state index contributed by atoms with van der Waals surface area (Å²) in [4.78, 5) is 52.5. The highest BCUT2D eigenvalue weighted by atomic mass is 16.7. The molecule has 0 aromatic heterocycles. The molecule has 3 fully saturated rings. The standard InChI is InChI=1S/C64H121N5O32/c1-45-55(77)58(80)48(39-70)99-61(45)96-36-33-90-28-23-85-18-10-66-51(73)5-14-93-42-64(69-54(76)8-13-83-21-26-88-31-32-89-27-22-84-17-9-65-4,43-94-15-6-52(74)67-11-19-86-24-29-91-34-37-97-62-46(2)56(78)59(81)49(40-71)100-62)44-95-16-7-53(75)68-12-20-87-25-30-92-35-38-98-63-47(3)57(79)60(82)50(41-72)101-63/h45-50,55-63,65,70-72,77-82H,5-44H2,1-4H3,(H,66,73)(H,67,74)(H,68,75)(H,69,76). The van der Waals surface area contributed by atoms with E-state index in [4.69, 9.17) is 90.0 Å². The molecule has 3 rings (SSSR count). The number of ether oxygens (including phenoxy) is 19. The van der Waals surface area contributed by atoms with Gasteiger partial charge in [0.2, 0.25) is 23.6 Å². The van der Waals surface area contributed by atoms with Crippen molar-refractivity contribution in [2.45, 2.75) is 126 Å². The molecule has 3 heterocycles. The lowest BCUT2D eigenvalue weighted by Gasteiger charge is -2.40. The third kappa shape index (κ3) is 40.3. The molecule has 3 aliphatic rings. The molecule has 0 radical (unpaired) electrons. The Bertz CT molecular complexity index is 1890. The summed E-state index contributed by atoms with van der Waals surface area (Å²) in [6, 6.07) is 0. The first-order valence-corrected chi connectivity index (χ1v) is 34.9. The quantitative estimate of drug-likeness (QED) is 0.0252. The van der Waals surface area contributed by atoms with Crippen LogP contribution in [0, 0.1) is 17.8 Å². The van der Waals surface area contributed by atoms with Crippen molar-refractivity contribution >= 4 is 23.6 Å². The number of likely N-dealkylation sites (N-methyl/N-ethyl adjacent to an activating group) is 1. The van der Waals surface area contributed by atoms with Gasteiger partial charge >= 0.3 is 0 Å². The normalized spacial score (nSPS) is 26.0. The first-order chi connectivity index (χ1) is 48.9. The number of carbonyl (C=O) groups excluding carboxylic acids is 4. The van der Waals surface area contributed by atoms with Crippen molar-refractivity contribution in [3.8, 4) is 0 Å². The zero-order valence-electron chi connectivity index (χ0n) is 59.4. The molecule has 4 amide bonds. The van der Waals surface area contributed by atoms with Crippen LogP contribution >= 0.6 is 0 Å². The van der Waals surface area contributed by atoms with E-state index in [0.29, 0.717) is 33.0 Å². The fraction of sp³-hybridized carbons (Fsp3) is 0.938. The predicted molar refractivity (Wildman–Crippen MR) is 352 cm³/mol. The number of hydrogen-bond acceptors (Lipinski definition) is 33. The van der Waals surface area contributed by atoms with E-state index >= 15 is 0 Å². The van der Waals surface area contributed by atoms with Crippen LogP contribution < -0.4 is 26.6 Å².